The molecule has 1 aliphatic carbocycles. The van der Waals surface area contributed by atoms with Crippen LogP contribution in [0.25, 0.3) is 0 Å². The van der Waals surface area contributed by atoms with Crippen molar-refractivity contribution in [3.8, 4) is 0 Å². The van der Waals surface area contributed by atoms with Crippen LogP contribution >= 0.6 is 0 Å². The Balaban J connectivity index is 2.39. The van der Waals surface area contributed by atoms with Crippen LogP contribution in [-0.2, 0) is 9.59 Å². The van der Waals surface area contributed by atoms with Crippen molar-refractivity contribution in [3.05, 3.63) is 17.7 Å². The van der Waals surface area contributed by atoms with Gasteiger partial charge in [0.15, 0.2) is 5.78 Å². The van der Waals surface area contributed by atoms with E-state index in [2.05, 4.69) is 12.2 Å². The summed E-state index contributed by atoms with van der Waals surface area (Å²) in [6.07, 6.45) is 18.3. The van der Waals surface area contributed by atoms with Gasteiger partial charge in [-0.25, -0.2) is 4.79 Å². The van der Waals surface area contributed by atoms with Crippen LogP contribution < -0.4 is 0 Å². The van der Waals surface area contributed by atoms with Gasteiger partial charge >= 0.3 is 0 Å². The molecule has 112 valence electrons. The molecule has 2 heteroatoms. The van der Waals surface area contributed by atoms with Crippen LogP contribution in [0.5, 0.6) is 0 Å². The topological polar surface area (TPSA) is 34.1 Å². The first-order valence-electron chi connectivity index (χ1n) is 8.27. The second kappa shape index (κ2) is 11.7. The molecule has 0 bridgehead atoms. The summed E-state index contributed by atoms with van der Waals surface area (Å²) >= 11 is 0. The van der Waals surface area contributed by atoms with Gasteiger partial charge in [-0.15, -0.1) is 0 Å². The third-order valence-corrected chi connectivity index (χ3v) is 3.95. The van der Waals surface area contributed by atoms with Crippen LogP contribution in [0.1, 0.15) is 83.5 Å². The average Bonchev–Trinajstić information content (AvgIpc) is 2.46. The van der Waals surface area contributed by atoms with Crippen LogP contribution in [-0.4, -0.2) is 11.7 Å². The maximum Gasteiger partial charge on any atom is 0.169 e. The van der Waals surface area contributed by atoms with E-state index in [-0.39, 0.29) is 5.78 Å². The normalized spacial score (nSPS) is 22.8. The standard InChI is InChI=1S/C18H28O2/c19-16-17-14-12-10-8-6-4-2-1-3-5-7-9-11-13-15-18(17)20/h1-2H,3-15H2/b2-1+. The maximum absolute atomic E-state index is 11.9. The quantitative estimate of drug-likeness (QED) is 0.356. The number of hydrogen-bond donors (Lipinski definition) is 0. The molecule has 1 rings (SSSR count). The van der Waals surface area contributed by atoms with Crippen LogP contribution in [0.15, 0.2) is 17.7 Å². The molecule has 0 unspecified atom stereocenters. The molecule has 0 atom stereocenters. The fourth-order valence-electron chi connectivity index (χ4n) is 2.63. The number of ketones is 1. The Hall–Kier alpha value is -1.14. The lowest BCUT2D eigenvalue weighted by Crippen LogP contribution is -2.03. The van der Waals surface area contributed by atoms with Gasteiger partial charge in [0.25, 0.3) is 0 Å². The van der Waals surface area contributed by atoms with E-state index in [4.69, 9.17) is 0 Å². The lowest BCUT2D eigenvalue weighted by molar-refractivity contribution is -0.115. The van der Waals surface area contributed by atoms with Gasteiger partial charge in [-0.2, -0.15) is 0 Å². The van der Waals surface area contributed by atoms with Gasteiger partial charge in [0, 0.05) is 6.42 Å². The molecule has 0 saturated heterocycles. The summed E-state index contributed by atoms with van der Waals surface area (Å²) in [7, 11) is 0. The Morgan fingerprint density at radius 2 is 1.20 bits per heavy atom. The van der Waals surface area contributed by atoms with Crippen molar-refractivity contribution in [2.45, 2.75) is 83.5 Å². The molecule has 1 aliphatic rings. The molecule has 0 saturated carbocycles. The number of allylic oxidation sites excluding steroid dienone is 3. The van der Waals surface area contributed by atoms with Gasteiger partial charge in [0.1, 0.15) is 5.94 Å². The van der Waals surface area contributed by atoms with Crippen LogP contribution in [0.2, 0.25) is 0 Å². The van der Waals surface area contributed by atoms with Crippen molar-refractivity contribution in [1.82, 2.24) is 0 Å². The number of rotatable bonds is 0. The minimum Gasteiger partial charge on any atom is -0.294 e. The first-order chi connectivity index (χ1) is 9.84. The van der Waals surface area contributed by atoms with E-state index >= 15 is 0 Å². The Morgan fingerprint density at radius 1 is 0.700 bits per heavy atom. The molecule has 0 spiro atoms. The van der Waals surface area contributed by atoms with Crippen LogP contribution in [0, 0.1) is 0 Å². The average molecular weight is 276 g/mol. The molecule has 0 fully saturated rings. The lowest BCUT2D eigenvalue weighted by atomic mass is 10.00. The zero-order valence-corrected chi connectivity index (χ0v) is 12.7. The SMILES string of the molecule is O=C=C1CCCCCC/C=C/CCCCCCCC1=O. The molecule has 0 heterocycles. The van der Waals surface area contributed by atoms with Crippen molar-refractivity contribution in [3.63, 3.8) is 0 Å². The Bertz CT molecular complexity index is 348. The largest absolute Gasteiger partial charge is 0.294 e. The monoisotopic (exact) mass is 276 g/mol. The second-order valence-corrected chi connectivity index (χ2v) is 5.73. The molecule has 0 N–H and O–H groups in total. The second-order valence-electron chi connectivity index (χ2n) is 5.73. The van der Waals surface area contributed by atoms with Gasteiger partial charge in [-0.3, -0.25) is 4.79 Å². The van der Waals surface area contributed by atoms with E-state index in [0.29, 0.717) is 18.4 Å². The van der Waals surface area contributed by atoms with Crippen LogP contribution in [0.3, 0.4) is 0 Å². The summed E-state index contributed by atoms with van der Waals surface area (Å²) in [5, 5.41) is 0. The van der Waals surface area contributed by atoms with Crippen molar-refractivity contribution in [2.75, 3.05) is 0 Å². The minimum atomic E-state index is 0.0333. The molecule has 20 heavy (non-hydrogen) atoms. The van der Waals surface area contributed by atoms with Crippen molar-refractivity contribution in [2.24, 2.45) is 0 Å². The predicted octanol–water partition coefficient (Wildman–Crippen LogP) is 4.95. The van der Waals surface area contributed by atoms with Crippen molar-refractivity contribution in [1.29, 1.82) is 0 Å². The van der Waals surface area contributed by atoms with Gasteiger partial charge < -0.3 is 0 Å². The maximum atomic E-state index is 11.9. The third kappa shape index (κ3) is 8.12. The molecular weight excluding hydrogens is 248 g/mol. The van der Waals surface area contributed by atoms with Gasteiger partial charge in [0.05, 0.1) is 5.57 Å². The zero-order chi connectivity index (χ0) is 14.5. The van der Waals surface area contributed by atoms with Crippen LogP contribution in [0.4, 0.5) is 0 Å². The molecular formula is C18H28O2. The number of carbonyl (C=O) groups excluding carboxylic acids is 2. The van der Waals surface area contributed by atoms with E-state index < -0.39 is 0 Å². The van der Waals surface area contributed by atoms with Crippen molar-refractivity contribution >= 4 is 11.7 Å². The first-order valence-corrected chi connectivity index (χ1v) is 8.27. The molecule has 0 aliphatic heterocycles. The Kier molecular flexibility index (Phi) is 9.87. The van der Waals surface area contributed by atoms with Gasteiger partial charge in [0.2, 0.25) is 0 Å². The summed E-state index contributed by atoms with van der Waals surface area (Å²) < 4.78 is 0. The summed E-state index contributed by atoms with van der Waals surface area (Å²) in [6, 6.07) is 0. The van der Waals surface area contributed by atoms with Gasteiger partial charge in [-0.1, -0.05) is 44.3 Å². The Labute approximate surface area is 123 Å². The molecule has 0 aromatic carbocycles. The summed E-state index contributed by atoms with van der Waals surface area (Å²) in [4.78, 5) is 22.7. The fourth-order valence-corrected chi connectivity index (χ4v) is 2.63. The predicted molar refractivity (Wildman–Crippen MR) is 83.4 cm³/mol. The minimum absolute atomic E-state index is 0.0333. The number of hydrogen-bond acceptors (Lipinski definition) is 2. The first kappa shape index (κ1) is 16.9. The highest BCUT2D eigenvalue weighted by atomic mass is 16.1. The van der Waals surface area contributed by atoms with E-state index in [1.165, 1.54) is 38.5 Å². The molecule has 0 aromatic heterocycles. The summed E-state index contributed by atoms with van der Waals surface area (Å²) in [6.45, 7) is 0. The Morgan fingerprint density at radius 3 is 1.80 bits per heavy atom. The number of Topliss-reactive ketones (excluding diaryl/α,β-unsaturated/α-hetero) is 1. The molecule has 2 nitrogen and oxygen atoms in total. The highest BCUT2D eigenvalue weighted by molar-refractivity contribution is 6.02. The third-order valence-electron chi connectivity index (χ3n) is 3.95. The highest BCUT2D eigenvalue weighted by Gasteiger charge is 2.10. The highest BCUT2D eigenvalue weighted by Crippen LogP contribution is 2.15. The zero-order valence-electron chi connectivity index (χ0n) is 12.7. The van der Waals surface area contributed by atoms with E-state index in [1.54, 1.807) is 0 Å². The van der Waals surface area contributed by atoms with E-state index in [9.17, 15) is 9.59 Å². The summed E-state index contributed by atoms with van der Waals surface area (Å²) in [5.41, 5.74) is 0.397. The fraction of sp³-hybridized carbons (Fsp3) is 0.722. The molecule has 0 aromatic rings. The molecule has 0 amide bonds. The summed E-state index contributed by atoms with van der Waals surface area (Å²) in [5.74, 6) is 1.91. The lowest BCUT2D eigenvalue weighted by Gasteiger charge is -2.03. The molecule has 0 radical (unpaired) electrons. The van der Waals surface area contributed by atoms with E-state index in [1.807, 2.05) is 5.94 Å². The van der Waals surface area contributed by atoms with Gasteiger partial charge in [-0.05, 0) is 44.9 Å². The smallest absolute Gasteiger partial charge is 0.169 e. The van der Waals surface area contributed by atoms with E-state index in [0.717, 1.165) is 32.1 Å². The van der Waals surface area contributed by atoms with Crippen molar-refractivity contribution < 1.29 is 9.59 Å². The number of carbonyl (C=O) groups is 1.